The van der Waals surface area contributed by atoms with Crippen molar-refractivity contribution in [2.45, 2.75) is 30.3 Å². The van der Waals surface area contributed by atoms with Gasteiger partial charge in [-0.05, 0) is 30.2 Å². The van der Waals surface area contributed by atoms with Gasteiger partial charge in [-0.1, -0.05) is 36.4 Å². The minimum Gasteiger partial charge on any atom is -0.310 e. The van der Waals surface area contributed by atoms with Crippen molar-refractivity contribution < 1.29 is 4.79 Å². The second-order valence-electron chi connectivity index (χ2n) is 6.17. The molecule has 3 heteroatoms. The molecule has 1 aromatic rings. The Hall–Kier alpha value is -1.87. The molecule has 0 aromatic heterocycles. The Morgan fingerprint density at radius 3 is 3.15 bits per heavy atom. The van der Waals surface area contributed by atoms with Gasteiger partial charge in [-0.15, -0.1) is 0 Å². The van der Waals surface area contributed by atoms with Crippen LogP contribution in [0.15, 0.2) is 48.1 Å². The molecule has 0 bridgehead atoms. The van der Waals surface area contributed by atoms with Crippen molar-refractivity contribution in [2.24, 2.45) is 0 Å². The van der Waals surface area contributed by atoms with Crippen molar-refractivity contribution in [2.75, 3.05) is 11.4 Å². The zero-order chi connectivity index (χ0) is 13.3. The average molecular weight is 264 g/mol. The largest absolute Gasteiger partial charge is 0.310 e. The maximum Gasteiger partial charge on any atom is 0.231 e. The van der Waals surface area contributed by atoms with Gasteiger partial charge in [0.05, 0.1) is 6.04 Å². The Morgan fingerprint density at radius 1 is 1.30 bits per heavy atom. The molecule has 3 aliphatic heterocycles. The van der Waals surface area contributed by atoms with Gasteiger partial charge in [0.15, 0.2) is 0 Å². The number of fused-ring (bicyclic) bond motifs is 2. The molecule has 1 aliphatic carbocycles. The molecule has 1 fully saturated rings. The third-order valence-electron chi connectivity index (χ3n) is 5.45. The number of hydrogen-bond donors (Lipinski definition) is 1. The molecular formula is C17H16N2O. The summed E-state index contributed by atoms with van der Waals surface area (Å²) in [5.41, 5.74) is 3.85. The fourth-order valence-corrected chi connectivity index (χ4v) is 4.72. The Bertz CT molecular complexity index is 690. The second-order valence-corrected chi connectivity index (χ2v) is 6.17. The highest BCUT2D eigenvalue weighted by molar-refractivity contribution is 6.01. The minimum absolute atomic E-state index is 0.0489. The number of para-hydroxylation sites is 1. The number of nitrogens with one attached hydrogen (secondary N) is 1. The average Bonchev–Trinajstić information content (AvgIpc) is 3.04. The highest BCUT2D eigenvalue weighted by Gasteiger charge is 2.60. The zero-order valence-electron chi connectivity index (χ0n) is 11.2. The highest BCUT2D eigenvalue weighted by atomic mass is 16.2. The Labute approximate surface area is 118 Å². The van der Waals surface area contributed by atoms with E-state index >= 15 is 0 Å². The molecule has 1 aromatic carbocycles. The lowest BCUT2D eigenvalue weighted by Gasteiger charge is -2.44. The first kappa shape index (κ1) is 10.9. The second kappa shape index (κ2) is 3.41. The summed E-state index contributed by atoms with van der Waals surface area (Å²) in [4.78, 5) is 14.6. The lowest BCUT2D eigenvalue weighted by Crippen LogP contribution is -2.56. The number of nitrogens with zero attached hydrogens (tertiary/aromatic N) is 1. The first-order chi connectivity index (χ1) is 9.82. The summed E-state index contributed by atoms with van der Waals surface area (Å²) in [6.07, 6.45) is 8.27. The molecule has 3 nitrogen and oxygen atoms in total. The summed E-state index contributed by atoms with van der Waals surface area (Å²) >= 11 is 0. The summed E-state index contributed by atoms with van der Waals surface area (Å²) in [5.74, 6) is 0.240. The number of benzene rings is 1. The number of carbonyl (C=O) groups excluding carboxylic acids is 1. The van der Waals surface area contributed by atoms with Gasteiger partial charge < -0.3 is 10.2 Å². The number of amides is 1. The van der Waals surface area contributed by atoms with E-state index in [1.54, 1.807) is 0 Å². The molecule has 4 aliphatic rings. The summed E-state index contributed by atoms with van der Waals surface area (Å²) < 4.78 is 0. The summed E-state index contributed by atoms with van der Waals surface area (Å²) in [7, 11) is 0. The summed E-state index contributed by atoms with van der Waals surface area (Å²) in [5, 5.41) is 3.61. The lowest BCUT2D eigenvalue weighted by atomic mass is 9.65. The van der Waals surface area contributed by atoms with E-state index in [9.17, 15) is 4.79 Å². The maximum atomic E-state index is 12.5. The monoisotopic (exact) mass is 264 g/mol. The molecular weight excluding hydrogens is 248 g/mol. The van der Waals surface area contributed by atoms with Gasteiger partial charge in [-0.2, -0.15) is 0 Å². The third kappa shape index (κ3) is 1.02. The molecule has 1 N–H and O–H groups in total. The van der Waals surface area contributed by atoms with Crippen molar-refractivity contribution in [3.8, 4) is 0 Å². The predicted octanol–water partition coefficient (Wildman–Crippen LogP) is 1.90. The molecule has 3 atom stereocenters. The van der Waals surface area contributed by atoms with Crippen LogP contribution < -0.4 is 10.2 Å². The van der Waals surface area contributed by atoms with Crippen LogP contribution in [0.5, 0.6) is 0 Å². The predicted molar refractivity (Wildman–Crippen MR) is 77.6 cm³/mol. The van der Waals surface area contributed by atoms with Crippen LogP contribution in [0.3, 0.4) is 0 Å². The SMILES string of the molecule is O=C1CC=C2C=CC3NCC[C@@]34c3ccccc3N1[C@@H]24. The first-order valence-electron chi connectivity index (χ1n) is 7.35. The molecule has 0 saturated carbocycles. The molecule has 1 saturated heterocycles. The fraction of sp³-hybridized carbons (Fsp3) is 0.353. The van der Waals surface area contributed by atoms with Crippen molar-refractivity contribution in [1.82, 2.24) is 5.32 Å². The van der Waals surface area contributed by atoms with Gasteiger partial charge in [0.2, 0.25) is 5.91 Å². The van der Waals surface area contributed by atoms with Crippen LogP contribution in [0.25, 0.3) is 0 Å². The molecule has 0 radical (unpaired) electrons. The van der Waals surface area contributed by atoms with E-state index < -0.39 is 0 Å². The maximum absolute atomic E-state index is 12.5. The summed E-state index contributed by atoms with van der Waals surface area (Å²) in [6.45, 7) is 1.02. The van der Waals surface area contributed by atoms with Crippen molar-refractivity contribution in [3.63, 3.8) is 0 Å². The standard InChI is InChI=1S/C17H16N2O/c20-15-8-6-11-5-7-14-17(9-10-18-14)12-3-1-2-4-13(12)19(15)16(11)17/h1-7,14,16,18H,8-10H2/t14?,16-,17+/m0/s1. The number of hydrogen-bond acceptors (Lipinski definition) is 2. The van der Waals surface area contributed by atoms with E-state index in [-0.39, 0.29) is 17.4 Å². The van der Waals surface area contributed by atoms with Crippen LogP contribution in [-0.2, 0) is 10.2 Å². The first-order valence-corrected chi connectivity index (χ1v) is 7.35. The van der Waals surface area contributed by atoms with Gasteiger partial charge in [0, 0.05) is 23.6 Å². The van der Waals surface area contributed by atoms with Crippen LogP contribution >= 0.6 is 0 Å². The quantitative estimate of drug-likeness (QED) is 0.776. The number of anilines is 1. The van der Waals surface area contributed by atoms with Gasteiger partial charge in [-0.3, -0.25) is 4.79 Å². The lowest BCUT2D eigenvalue weighted by molar-refractivity contribution is -0.118. The Morgan fingerprint density at radius 2 is 2.20 bits per heavy atom. The number of rotatable bonds is 0. The van der Waals surface area contributed by atoms with E-state index in [0.29, 0.717) is 12.5 Å². The Kier molecular flexibility index (Phi) is 1.85. The van der Waals surface area contributed by atoms with E-state index in [1.165, 1.54) is 11.1 Å². The highest BCUT2D eigenvalue weighted by Crippen LogP contribution is 2.56. The molecule has 1 spiro atoms. The van der Waals surface area contributed by atoms with Gasteiger partial charge in [-0.25, -0.2) is 0 Å². The van der Waals surface area contributed by atoms with E-state index in [4.69, 9.17) is 0 Å². The third-order valence-corrected chi connectivity index (χ3v) is 5.45. The van der Waals surface area contributed by atoms with Crippen LogP contribution in [0.1, 0.15) is 18.4 Å². The number of carbonyl (C=O) groups is 1. The smallest absolute Gasteiger partial charge is 0.231 e. The Balaban J connectivity index is 1.87. The summed E-state index contributed by atoms with van der Waals surface area (Å²) in [6, 6.07) is 9.03. The van der Waals surface area contributed by atoms with Crippen LogP contribution in [0.4, 0.5) is 5.69 Å². The van der Waals surface area contributed by atoms with Gasteiger partial charge in [0.1, 0.15) is 0 Å². The fourth-order valence-electron chi connectivity index (χ4n) is 4.72. The molecule has 20 heavy (non-hydrogen) atoms. The molecule has 100 valence electrons. The van der Waals surface area contributed by atoms with Gasteiger partial charge >= 0.3 is 0 Å². The molecule has 3 heterocycles. The van der Waals surface area contributed by atoms with Crippen molar-refractivity contribution >= 4 is 11.6 Å². The minimum atomic E-state index is 0.0489. The van der Waals surface area contributed by atoms with Crippen molar-refractivity contribution in [1.29, 1.82) is 0 Å². The van der Waals surface area contributed by atoms with Crippen LogP contribution in [-0.4, -0.2) is 24.5 Å². The van der Waals surface area contributed by atoms with E-state index in [0.717, 1.165) is 18.7 Å². The zero-order valence-corrected chi connectivity index (χ0v) is 11.2. The molecule has 1 unspecified atom stereocenters. The van der Waals surface area contributed by atoms with Crippen LogP contribution in [0, 0.1) is 0 Å². The molecule has 1 amide bonds. The van der Waals surface area contributed by atoms with Crippen LogP contribution in [0.2, 0.25) is 0 Å². The van der Waals surface area contributed by atoms with E-state index in [1.807, 2.05) is 6.07 Å². The normalized spacial score (nSPS) is 36.5. The van der Waals surface area contributed by atoms with E-state index in [2.05, 4.69) is 46.6 Å². The van der Waals surface area contributed by atoms with Crippen molar-refractivity contribution in [3.05, 3.63) is 53.6 Å². The van der Waals surface area contributed by atoms with Gasteiger partial charge in [0.25, 0.3) is 0 Å². The molecule has 5 rings (SSSR count). The topological polar surface area (TPSA) is 32.3 Å².